The highest BCUT2D eigenvalue weighted by Crippen LogP contribution is 2.22. The van der Waals surface area contributed by atoms with E-state index in [4.69, 9.17) is 9.84 Å². The van der Waals surface area contributed by atoms with Crippen molar-refractivity contribution in [1.82, 2.24) is 19.9 Å². The van der Waals surface area contributed by atoms with Crippen LogP contribution < -0.4 is 10.6 Å². The van der Waals surface area contributed by atoms with Crippen molar-refractivity contribution in [3.05, 3.63) is 42.2 Å². The first-order valence-electron chi connectivity index (χ1n) is 8.01. The third-order valence-electron chi connectivity index (χ3n) is 3.41. The fraction of sp³-hybridized carbons (Fsp3) is 0.294. The number of ether oxygens (including phenoxy) is 1. The quantitative estimate of drug-likeness (QED) is 0.534. The summed E-state index contributed by atoms with van der Waals surface area (Å²) in [5.41, 5.74) is 3.20. The molecule has 0 aliphatic carbocycles. The standard InChI is InChI=1S/C17H20N6O2/c1-12-2-4-13(5-3-12)21-16-14-15(19-7-6-18-14)22-17(23-16)20-8-10-25-11-9-24/h2-7,24H,8-11H2,1H3,(H2,19,20,21,22,23). The van der Waals surface area contributed by atoms with Gasteiger partial charge in [0.2, 0.25) is 5.95 Å². The van der Waals surface area contributed by atoms with E-state index in [0.29, 0.717) is 42.7 Å². The molecule has 0 aliphatic heterocycles. The Bertz CT molecular complexity index is 825. The Balaban J connectivity index is 1.81. The maximum atomic E-state index is 8.70. The number of hydrogen-bond acceptors (Lipinski definition) is 8. The zero-order valence-electron chi connectivity index (χ0n) is 13.9. The fourth-order valence-corrected chi connectivity index (χ4v) is 2.21. The smallest absolute Gasteiger partial charge is 0.226 e. The molecule has 2 aromatic heterocycles. The highest BCUT2D eigenvalue weighted by atomic mass is 16.5. The van der Waals surface area contributed by atoms with Crippen molar-refractivity contribution in [2.24, 2.45) is 0 Å². The lowest BCUT2D eigenvalue weighted by Crippen LogP contribution is -2.14. The van der Waals surface area contributed by atoms with E-state index in [2.05, 4.69) is 30.6 Å². The van der Waals surface area contributed by atoms with E-state index in [0.717, 1.165) is 5.69 Å². The van der Waals surface area contributed by atoms with Gasteiger partial charge in [0.15, 0.2) is 17.0 Å². The van der Waals surface area contributed by atoms with Crippen molar-refractivity contribution in [2.75, 3.05) is 37.0 Å². The second-order valence-corrected chi connectivity index (χ2v) is 5.38. The van der Waals surface area contributed by atoms with Gasteiger partial charge in [-0.3, -0.25) is 0 Å². The molecule has 0 bridgehead atoms. The molecule has 1 aromatic carbocycles. The van der Waals surface area contributed by atoms with E-state index >= 15 is 0 Å². The van der Waals surface area contributed by atoms with Crippen molar-refractivity contribution in [1.29, 1.82) is 0 Å². The molecule has 3 rings (SSSR count). The van der Waals surface area contributed by atoms with Crippen LogP contribution in [-0.2, 0) is 4.74 Å². The number of rotatable bonds is 8. The first-order valence-corrected chi connectivity index (χ1v) is 8.01. The van der Waals surface area contributed by atoms with Crippen molar-refractivity contribution >= 4 is 28.6 Å². The normalized spacial score (nSPS) is 10.8. The summed E-state index contributed by atoms with van der Waals surface area (Å²) in [5.74, 6) is 1.02. The molecule has 0 saturated heterocycles. The number of nitrogens with one attached hydrogen (secondary N) is 2. The van der Waals surface area contributed by atoms with Gasteiger partial charge in [0.05, 0.1) is 19.8 Å². The van der Waals surface area contributed by atoms with Crippen LogP contribution in [0.15, 0.2) is 36.7 Å². The maximum absolute atomic E-state index is 8.70. The van der Waals surface area contributed by atoms with Gasteiger partial charge in [-0.05, 0) is 19.1 Å². The predicted molar refractivity (Wildman–Crippen MR) is 96.0 cm³/mol. The van der Waals surface area contributed by atoms with Gasteiger partial charge in [-0.2, -0.15) is 9.97 Å². The summed E-state index contributed by atoms with van der Waals surface area (Å²) in [4.78, 5) is 17.4. The summed E-state index contributed by atoms with van der Waals surface area (Å²) >= 11 is 0. The summed E-state index contributed by atoms with van der Waals surface area (Å²) < 4.78 is 5.22. The van der Waals surface area contributed by atoms with Crippen LogP contribution >= 0.6 is 0 Å². The third kappa shape index (κ3) is 4.59. The van der Waals surface area contributed by atoms with Crippen molar-refractivity contribution < 1.29 is 9.84 Å². The molecule has 0 fully saturated rings. The van der Waals surface area contributed by atoms with E-state index in [-0.39, 0.29) is 6.61 Å². The minimum atomic E-state index is 0.00663. The van der Waals surface area contributed by atoms with E-state index in [9.17, 15) is 0 Å². The number of aromatic nitrogens is 4. The van der Waals surface area contributed by atoms with E-state index < -0.39 is 0 Å². The summed E-state index contributed by atoms with van der Waals surface area (Å²) in [6, 6.07) is 8.01. The molecule has 0 spiro atoms. The Labute approximate surface area is 145 Å². The second kappa shape index (κ2) is 8.32. The van der Waals surface area contributed by atoms with Gasteiger partial charge >= 0.3 is 0 Å². The third-order valence-corrected chi connectivity index (χ3v) is 3.41. The number of aryl methyl sites for hydroxylation is 1. The highest BCUT2D eigenvalue weighted by molar-refractivity contribution is 5.85. The van der Waals surface area contributed by atoms with Gasteiger partial charge in [-0.25, -0.2) is 9.97 Å². The van der Waals surface area contributed by atoms with E-state index in [1.807, 2.05) is 31.2 Å². The highest BCUT2D eigenvalue weighted by Gasteiger charge is 2.10. The minimum absolute atomic E-state index is 0.00663. The number of nitrogens with zero attached hydrogens (tertiary/aromatic N) is 4. The lowest BCUT2D eigenvalue weighted by molar-refractivity contribution is 0.0991. The Hall–Kier alpha value is -2.84. The topological polar surface area (TPSA) is 105 Å². The largest absolute Gasteiger partial charge is 0.394 e. The number of fused-ring (bicyclic) bond motifs is 1. The minimum Gasteiger partial charge on any atom is -0.394 e. The molecule has 8 heteroatoms. The molecule has 2 heterocycles. The van der Waals surface area contributed by atoms with Crippen LogP contribution in [0.2, 0.25) is 0 Å². The molecule has 0 amide bonds. The first-order chi connectivity index (χ1) is 12.3. The van der Waals surface area contributed by atoms with Crippen LogP contribution in [0.25, 0.3) is 11.2 Å². The molecule has 25 heavy (non-hydrogen) atoms. The van der Waals surface area contributed by atoms with Gasteiger partial charge < -0.3 is 20.5 Å². The molecule has 0 atom stereocenters. The maximum Gasteiger partial charge on any atom is 0.226 e. The van der Waals surface area contributed by atoms with Gasteiger partial charge in [0.25, 0.3) is 0 Å². The predicted octanol–water partition coefficient (Wildman–Crippen LogP) is 1.89. The molecule has 3 N–H and O–H groups in total. The zero-order chi connectivity index (χ0) is 17.5. The number of aliphatic hydroxyl groups is 1. The molecule has 0 aliphatic rings. The summed E-state index contributed by atoms with van der Waals surface area (Å²) in [7, 11) is 0. The molecule has 0 radical (unpaired) electrons. The number of aliphatic hydroxyl groups excluding tert-OH is 1. The molecular formula is C17H20N6O2. The van der Waals surface area contributed by atoms with Crippen LogP contribution in [0.4, 0.5) is 17.5 Å². The monoisotopic (exact) mass is 340 g/mol. The summed E-state index contributed by atoms with van der Waals surface area (Å²) in [5, 5.41) is 15.1. The number of hydrogen-bond donors (Lipinski definition) is 3. The molecule has 8 nitrogen and oxygen atoms in total. The molecular weight excluding hydrogens is 320 g/mol. The average molecular weight is 340 g/mol. The van der Waals surface area contributed by atoms with Crippen molar-refractivity contribution in [2.45, 2.75) is 6.92 Å². The average Bonchev–Trinajstić information content (AvgIpc) is 2.63. The molecule has 130 valence electrons. The van der Waals surface area contributed by atoms with Crippen molar-refractivity contribution in [3.63, 3.8) is 0 Å². The van der Waals surface area contributed by atoms with E-state index in [1.165, 1.54) is 5.56 Å². The lowest BCUT2D eigenvalue weighted by atomic mass is 10.2. The Morgan fingerprint density at radius 1 is 1.04 bits per heavy atom. The summed E-state index contributed by atoms with van der Waals surface area (Å²) in [6.45, 7) is 3.33. The summed E-state index contributed by atoms with van der Waals surface area (Å²) in [6.07, 6.45) is 3.21. The molecule has 3 aromatic rings. The number of anilines is 3. The Morgan fingerprint density at radius 2 is 1.84 bits per heavy atom. The van der Waals surface area contributed by atoms with Crippen LogP contribution in [0.1, 0.15) is 5.56 Å². The van der Waals surface area contributed by atoms with Crippen LogP contribution in [0.3, 0.4) is 0 Å². The number of benzene rings is 1. The van der Waals surface area contributed by atoms with Gasteiger partial charge in [0, 0.05) is 24.6 Å². The van der Waals surface area contributed by atoms with Crippen LogP contribution in [0.5, 0.6) is 0 Å². The zero-order valence-corrected chi connectivity index (χ0v) is 13.9. The van der Waals surface area contributed by atoms with Crippen LogP contribution in [-0.4, -0.2) is 51.4 Å². The Morgan fingerprint density at radius 3 is 2.64 bits per heavy atom. The first kappa shape index (κ1) is 17.0. The van der Waals surface area contributed by atoms with Gasteiger partial charge in [-0.15, -0.1) is 0 Å². The lowest BCUT2D eigenvalue weighted by Gasteiger charge is -2.11. The van der Waals surface area contributed by atoms with Crippen molar-refractivity contribution in [3.8, 4) is 0 Å². The second-order valence-electron chi connectivity index (χ2n) is 5.38. The molecule has 0 saturated carbocycles. The SMILES string of the molecule is Cc1ccc(Nc2nc(NCCOCCO)nc3nccnc23)cc1. The van der Waals surface area contributed by atoms with Gasteiger partial charge in [0.1, 0.15) is 0 Å². The molecule has 0 unspecified atom stereocenters. The van der Waals surface area contributed by atoms with Crippen LogP contribution in [0, 0.1) is 6.92 Å². The van der Waals surface area contributed by atoms with E-state index in [1.54, 1.807) is 12.4 Å². The van der Waals surface area contributed by atoms with Gasteiger partial charge in [-0.1, -0.05) is 17.7 Å². The fourth-order valence-electron chi connectivity index (χ4n) is 2.21. The Kier molecular flexibility index (Phi) is 5.65.